The molecule has 0 unspecified atom stereocenters. The topological polar surface area (TPSA) is 52.3 Å². The first-order valence-corrected chi connectivity index (χ1v) is 6.00. The summed E-state index contributed by atoms with van der Waals surface area (Å²) in [5.74, 6) is -2.67. The van der Waals surface area contributed by atoms with Crippen LogP contribution in [-0.2, 0) is 4.74 Å². The van der Waals surface area contributed by atoms with Gasteiger partial charge in [0.2, 0.25) is 0 Å². The average Bonchev–Trinajstić information content (AvgIpc) is 2.85. The predicted octanol–water partition coefficient (Wildman–Crippen LogP) is 2.89. The van der Waals surface area contributed by atoms with Gasteiger partial charge in [-0.25, -0.2) is 13.6 Å². The molecule has 0 heterocycles. The van der Waals surface area contributed by atoms with Crippen molar-refractivity contribution in [2.75, 3.05) is 12.3 Å². The van der Waals surface area contributed by atoms with Crippen molar-refractivity contribution < 1.29 is 18.3 Å². The second kappa shape index (κ2) is 5.33. The van der Waals surface area contributed by atoms with Gasteiger partial charge in [0.05, 0.1) is 12.3 Å². The molecule has 5 heteroatoms. The lowest BCUT2D eigenvalue weighted by Gasteiger charge is -2.11. The number of halogens is 2. The summed E-state index contributed by atoms with van der Waals surface area (Å²) in [5, 5.41) is 0. The quantitative estimate of drug-likeness (QED) is 0.667. The van der Waals surface area contributed by atoms with E-state index in [-0.39, 0.29) is 12.3 Å². The Morgan fingerprint density at radius 3 is 2.67 bits per heavy atom. The lowest BCUT2D eigenvalue weighted by molar-refractivity contribution is 0.0431. The summed E-state index contributed by atoms with van der Waals surface area (Å²) >= 11 is 0. The third-order valence-corrected chi connectivity index (χ3v) is 3.25. The number of hydrogen-bond donors (Lipinski definition) is 1. The molecule has 3 nitrogen and oxygen atoms in total. The molecule has 0 aliphatic heterocycles. The Labute approximate surface area is 104 Å². The van der Waals surface area contributed by atoms with Crippen LogP contribution in [0.4, 0.5) is 14.5 Å². The summed E-state index contributed by atoms with van der Waals surface area (Å²) in [6.07, 6.45) is 4.22. The van der Waals surface area contributed by atoms with E-state index in [9.17, 15) is 13.6 Å². The molecule has 0 amide bonds. The number of ether oxygens (including phenoxy) is 1. The largest absolute Gasteiger partial charge is 0.462 e. The minimum atomic E-state index is -1.05. The smallest absolute Gasteiger partial charge is 0.344 e. The number of hydrogen-bond acceptors (Lipinski definition) is 3. The molecule has 0 bridgehead atoms. The van der Waals surface area contributed by atoms with Crippen LogP contribution < -0.4 is 5.73 Å². The number of benzene rings is 1. The van der Waals surface area contributed by atoms with Crippen molar-refractivity contribution in [3.05, 3.63) is 29.3 Å². The van der Waals surface area contributed by atoms with Gasteiger partial charge in [-0.05, 0) is 30.9 Å². The molecule has 2 rings (SSSR count). The van der Waals surface area contributed by atoms with E-state index in [2.05, 4.69) is 0 Å². The molecule has 18 heavy (non-hydrogen) atoms. The van der Waals surface area contributed by atoms with E-state index < -0.39 is 23.2 Å². The van der Waals surface area contributed by atoms with E-state index in [1.54, 1.807) is 0 Å². The van der Waals surface area contributed by atoms with Crippen molar-refractivity contribution in [3.8, 4) is 0 Å². The van der Waals surface area contributed by atoms with Gasteiger partial charge >= 0.3 is 5.97 Å². The number of carbonyl (C=O) groups excluding carboxylic acids is 1. The molecule has 0 aromatic heterocycles. The first-order chi connectivity index (χ1) is 8.59. The fourth-order valence-electron chi connectivity index (χ4n) is 2.20. The third kappa shape index (κ3) is 2.60. The summed E-state index contributed by atoms with van der Waals surface area (Å²) < 4.78 is 31.9. The van der Waals surface area contributed by atoms with E-state index in [1.165, 1.54) is 0 Å². The van der Waals surface area contributed by atoms with Crippen molar-refractivity contribution in [1.29, 1.82) is 0 Å². The maximum atomic E-state index is 13.5. The highest BCUT2D eigenvalue weighted by Crippen LogP contribution is 2.26. The summed E-state index contributed by atoms with van der Waals surface area (Å²) in [4.78, 5) is 11.6. The second-order valence-electron chi connectivity index (χ2n) is 4.57. The van der Waals surface area contributed by atoms with E-state index in [4.69, 9.17) is 10.5 Å². The molecule has 98 valence electrons. The van der Waals surface area contributed by atoms with Gasteiger partial charge in [-0.1, -0.05) is 12.8 Å². The third-order valence-electron chi connectivity index (χ3n) is 3.25. The first-order valence-electron chi connectivity index (χ1n) is 6.00. The monoisotopic (exact) mass is 255 g/mol. The van der Waals surface area contributed by atoms with Gasteiger partial charge in [-0.15, -0.1) is 0 Å². The Morgan fingerprint density at radius 2 is 2.00 bits per heavy atom. The Balaban J connectivity index is 2.06. The van der Waals surface area contributed by atoms with Gasteiger partial charge in [-0.2, -0.15) is 0 Å². The Morgan fingerprint density at radius 1 is 1.33 bits per heavy atom. The Bertz CT molecular complexity index is 457. The normalized spacial score (nSPS) is 15.9. The van der Waals surface area contributed by atoms with Crippen molar-refractivity contribution in [3.63, 3.8) is 0 Å². The molecule has 0 atom stereocenters. The van der Waals surface area contributed by atoms with Gasteiger partial charge in [0, 0.05) is 0 Å². The summed E-state index contributed by atoms with van der Waals surface area (Å²) in [7, 11) is 0. The van der Waals surface area contributed by atoms with Gasteiger partial charge in [-0.3, -0.25) is 0 Å². The average molecular weight is 255 g/mol. The zero-order valence-corrected chi connectivity index (χ0v) is 9.92. The van der Waals surface area contributed by atoms with Crippen LogP contribution in [0.25, 0.3) is 0 Å². The molecule has 1 aromatic rings. The van der Waals surface area contributed by atoms with Crippen LogP contribution in [0.3, 0.4) is 0 Å². The van der Waals surface area contributed by atoms with Crippen molar-refractivity contribution in [2.45, 2.75) is 25.7 Å². The summed E-state index contributed by atoms with van der Waals surface area (Å²) in [6.45, 7) is 0.215. The first kappa shape index (κ1) is 12.8. The van der Waals surface area contributed by atoms with Gasteiger partial charge in [0.15, 0.2) is 5.82 Å². The molecule has 0 radical (unpaired) electrons. The van der Waals surface area contributed by atoms with Crippen LogP contribution in [0.5, 0.6) is 0 Å². The summed E-state index contributed by atoms with van der Waals surface area (Å²) in [5.41, 5.74) is 4.34. The number of rotatable bonds is 3. The van der Waals surface area contributed by atoms with Gasteiger partial charge < -0.3 is 10.5 Å². The molecule has 1 fully saturated rings. The van der Waals surface area contributed by atoms with E-state index in [1.807, 2.05) is 0 Å². The highest BCUT2D eigenvalue weighted by atomic mass is 19.1. The van der Waals surface area contributed by atoms with E-state index in [0.717, 1.165) is 37.8 Å². The zero-order valence-electron chi connectivity index (χ0n) is 9.92. The fraction of sp³-hybridized carbons (Fsp3) is 0.462. The molecule has 0 saturated heterocycles. The van der Waals surface area contributed by atoms with Crippen LogP contribution >= 0.6 is 0 Å². The van der Waals surface area contributed by atoms with Crippen molar-refractivity contribution in [2.24, 2.45) is 5.92 Å². The Hall–Kier alpha value is -1.65. The number of nitrogens with two attached hydrogens (primary N) is 1. The fourth-order valence-corrected chi connectivity index (χ4v) is 2.20. The maximum absolute atomic E-state index is 13.5. The van der Waals surface area contributed by atoms with Crippen LogP contribution in [0.15, 0.2) is 12.1 Å². The number of carbonyl (C=O) groups is 1. The van der Waals surface area contributed by atoms with Crippen LogP contribution in [0.1, 0.15) is 36.0 Å². The molecule has 1 aliphatic carbocycles. The Kier molecular flexibility index (Phi) is 3.79. The molecular weight excluding hydrogens is 240 g/mol. The maximum Gasteiger partial charge on any atom is 0.344 e. The van der Waals surface area contributed by atoms with Crippen molar-refractivity contribution >= 4 is 11.7 Å². The van der Waals surface area contributed by atoms with Crippen molar-refractivity contribution in [1.82, 2.24) is 0 Å². The SMILES string of the molecule is Nc1ccc(F)c(C(=O)OCC2CCCC2)c1F. The minimum absolute atomic E-state index is 0.215. The van der Waals surface area contributed by atoms with Gasteiger partial charge in [0.1, 0.15) is 11.4 Å². The molecule has 2 N–H and O–H groups in total. The summed E-state index contributed by atoms with van der Waals surface area (Å²) in [6, 6.07) is 2.04. The van der Waals surface area contributed by atoms with E-state index >= 15 is 0 Å². The van der Waals surface area contributed by atoms with Gasteiger partial charge in [0.25, 0.3) is 0 Å². The van der Waals surface area contributed by atoms with Crippen LogP contribution in [0, 0.1) is 17.6 Å². The lowest BCUT2D eigenvalue weighted by Crippen LogP contribution is -2.15. The predicted molar refractivity (Wildman–Crippen MR) is 63.0 cm³/mol. The van der Waals surface area contributed by atoms with Crippen LogP contribution in [-0.4, -0.2) is 12.6 Å². The second-order valence-corrected chi connectivity index (χ2v) is 4.57. The lowest BCUT2D eigenvalue weighted by atomic mass is 10.1. The standard InChI is InChI=1S/C13H15F2NO2/c14-9-5-6-10(16)12(15)11(9)13(17)18-7-8-3-1-2-4-8/h5-6,8H,1-4,7,16H2. The molecule has 0 spiro atoms. The number of anilines is 1. The molecular formula is C13H15F2NO2. The van der Waals surface area contributed by atoms with E-state index in [0.29, 0.717) is 5.92 Å². The highest BCUT2D eigenvalue weighted by Gasteiger charge is 2.23. The zero-order chi connectivity index (χ0) is 13.1. The molecule has 1 saturated carbocycles. The highest BCUT2D eigenvalue weighted by molar-refractivity contribution is 5.91. The molecule has 1 aliphatic rings. The van der Waals surface area contributed by atoms with Crippen LogP contribution in [0.2, 0.25) is 0 Å². The number of nitrogen functional groups attached to an aromatic ring is 1. The minimum Gasteiger partial charge on any atom is -0.462 e. The number of esters is 1. The molecule has 1 aromatic carbocycles.